The highest BCUT2D eigenvalue weighted by atomic mass is 35.5. The summed E-state index contributed by atoms with van der Waals surface area (Å²) in [5.74, 6) is 0.484. The number of halogens is 2. The molecule has 0 spiro atoms. The van der Waals surface area contributed by atoms with Gasteiger partial charge < -0.3 is 19.9 Å². The van der Waals surface area contributed by atoms with E-state index in [1.165, 1.54) is 0 Å². The van der Waals surface area contributed by atoms with Crippen molar-refractivity contribution in [2.24, 2.45) is 0 Å². The summed E-state index contributed by atoms with van der Waals surface area (Å²) in [6.45, 7) is 2.22. The number of rotatable bonds is 7. The van der Waals surface area contributed by atoms with E-state index in [2.05, 4.69) is 5.32 Å². The molecule has 20 heavy (non-hydrogen) atoms. The molecule has 1 aromatic carbocycles. The molecule has 2 N–H and O–H groups in total. The fraction of sp³-hybridized carbons (Fsp3) is 0.571. The highest BCUT2D eigenvalue weighted by molar-refractivity contribution is 6.34. The van der Waals surface area contributed by atoms with Crippen LogP contribution >= 0.6 is 23.2 Å². The van der Waals surface area contributed by atoms with Crippen LogP contribution < -0.4 is 10.1 Å². The fourth-order valence-corrected chi connectivity index (χ4v) is 2.38. The normalized spacial score (nSPS) is 20.1. The molecule has 0 amide bonds. The Hall–Kier alpha value is -0.520. The van der Waals surface area contributed by atoms with Gasteiger partial charge in [0.05, 0.1) is 11.1 Å². The summed E-state index contributed by atoms with van der Waals surface area (Å²) in [6.07, 6.45) is 1.86. The quantitative estimate of drug-likeness (QED) is 0.810. The predicted octanol–water partition coefficient (Wildman–Crippen LogP) is 2.50. The summed E-state index contributed by atoms with van der Waals surface area (Å²) in [5, 5.41) is 14.0. The van der Waals surface area contributed by atoms with Gasteiger partial charge in [0, 0.05) is 30.8 Å². The molecule has 1 fully saturated rings. The Morgan fingerprint density at radius 2 is 2.30 bits per heavy atom. The molecule has 0 bridgehead atoms. The maximum Gasteiger partial charge on any atom is 0.139 e. The van der Waals surface area contributed by atoms with Crippen LogP contribution in [0.1, 0.15) is 12.8 Å². The average Bonchev–Trinajstić information content (AvgIpc) is 2.93. The van der Waals surface area contributed by atoms with Crippen molar-refractivity contribution in [2.45, 2.75) is 25.0 Å². The zero-order chi connectivity index (χ0) is 14.4. The van der Waals surface area contributed by atoms with Crippen LogP contribution in [-0.2, 0) is 4.74 Å². The smallest absolute Gasteiger partial charge is 0.139 e. The van der Waals surface area contributed by atoms with Gasteiger partial charge >= 0.3 is 0 Å². The summed E-state index contributed by atoms with van der Waals surface area (Å²) >= 11 is 11.8. The minimum absolute atomic E-state index is 0.165. The molecule has 1 heterocycles. The maximum atomic E-state index is 9.84. The number of hydrogen-bond donors (Lipinski definition) is 2. The molecule has 2 atom stereocenters. The standard InChI is InChI=1S/C14H19Cl2NO3/c15-10-3-4-13(16)14(6-10)20-9-11(18)7-17-8-12-2-1-5-19-12/h3-4,6,11-12,17-18H,1-2,5,7-9H2. The molecule has 1 saturated heterocycles. The number of hydrogen-bond acceptors (Lipinski definition) is 4. The van der Waals surface area contributed by atoms with Crippen LogP contribution in [0.5, 0.6) is 5.75 Å². The van der Waals surface area contributed by atoms with Gasteiger partial charge in [0.1, 0.15) is 18.5 Å². The highest BCUT2D eigenvalue weighted by Gasteiger charge is 2.15. The zero-order valence-corrected chi connectivity index (χ0v) is 12.7. The van der Waals surface area contributed by atoms with Crippen molar-refractivity contribution >= 4 is 23.2 Å². The lowest BCUT2D eigenvalue weighted by atomic mass is 10.2. The Kier molecular flexibility index (Phi) is 6.39. The van der Waals surface area contributed by atoms with Crippen LogP contribution in [0.4, 0.5) is 0 Å². The van der Waals surface area contributed by atoms with E-state index < -0.39 is 6.10 Å². The van der Waals surface area contributed by atoms with Crippen LogP contribution in [-0.4, -0.2) is 43.6 Å². The first-order valence-corrected chi connectivity index (χ1v) is 7.49. The van der Waals surface area contributed by atoms with Crippen molar-refractivity contribution < 1.29 is 14.6 Å². The molecule has 0 radical (unpaired) electrons. The average molecular weight is 320 g/mol. The van der Waals surface area contributed by atoms with E-state index >= 15 is 0 Å². The topological polar surface area (TPSA) is 50.7 Å². The molecule has 0 aromatic heterocycles. The monoisotopic (exact) mass is 319 g/mol. The Labute approximate surface area is 129 Å². The van der Waals surface area contributed by atoms with Crippen molar-refractivity contribution in [1.82, 2.24) is 5.32 Å². The lowest BCUT2D eigenvalue weighted by Gasteiger charge is -2.16. The largest absolute Gasteiger partial charge is 0.489 e. The van der Waals surface area contributed by atoms with Gasteiger partial charge in [0.25, 0.3) is 0 Å². The van der Waals surface area contributed by atoms with Crippen molar-refractivity contribution in [2.75, 3.05) is 26.3 Å². The molecule has 0 aliphatic carbocycles. The Balaban J connectivity index is 1.66. The maximum absolute atomic E-state index is 9.84. The van der Waals surface area contributed by atoms with Gasteiger partial charge in [0.2, 0.25) is 0 Å². The van der Waals surface area contributed by atoms with E-state index in [0.29, 0.717) is 22.3 Å². The number of aliphatic hydroxyl groups is 1. The zero-order valence-electron chi connectivity index (χ0n) is 11.1. The van der Waals surface area contributed by atoms with E-state index in [1.54, 1.807) is 18.2 Å². The molecule has 6 heteroatoms. The first-order chi connectivity index (χ1) is 9.65. The second kappa shape index (κ2) is 8.05. The lowest BCUT2D eigenvalue weighted by molar-refractivity contribution is 0.0882. The van der Waals surface area contributed by atoms with Gasteiger partial charge in [-0.05, 0) is 25.0 Å². The Bertz CT molecular complexity index is 425. The SMILES string of the molecule is OC(CNCC1CCCO1)COc1cc(Cl)ccc1Cl. The van der Waals surface area contributed by atoms with Gasteiger partial charge in [-0.2, -0.15) is 0 Å². The summed E-state index contributed by atoms with van der Waals surface area (Å²) in [6, 6.07) is 4.99. The predicted molar refractivity (Wildman–Crippen MR) is 79.8 cm³/mol. The first kappa shape index (κ1) is 15.9. The van der Waals surface area contributed by atoms with Crippen LogP contribution in [0.2, 0.25) is 10.0 Å². The van der Waals surface area contributed by atoms with E-state index in [-0.39, 0.29) is 12.7 Å². The van der Waals surface area contributed by atoms with E-state index in [4.69, 9.17) is 32.7 Å². The van der Waals surface area contributed by atoms with Crippen LogP contribution in [0.15, 0.2) is 18.2 Å². The third kappa shape index (κ3) is 5.11. The summed E-state index contributed by atoms with van der Waals surface area (Å²) in [4.78, 5) is 0. The molecular formula is C14H19Cl2NO3. The van der Waals surface area contributed by atoms with Gasteiger partial charge in [-0.15, -0.1) is 0 Å². The molecule has 1 aromatic rings. The number of aliphatic hydroxyl groups excluding tert-OH is 1. The lowest BCUT2D eigenvalue weighted by Crippen LogP contribution is -2.35. The van der Waals surface area contributed by atoms with E-state index in [0.717, 1.165) is 26.0 Å². The van der Waals surface area contributed by atoms with Gasteiger partial charge in [-0.3, -0.25) is 0 Å². The minimum atomic E-state index is -0.605. The number of ether oxygens (including phenoxy) is 2. The summed E-state index contributed by atoms with van der Waals surface area (Å²) in [7, 11) is 0. The van der Waals surface area contributed by atoms with Crippen molar-refractivity contribution in [3.63, 3.8) is 0 Å². The van der Waals surface area contributed by atoms with Gasteiger partial charge in [-0.25, -0.2) is 0 Å². The molecule has 0 saturated carbocycles. The van der Waals surface area contributed by atoms with Crippen LogP contribution in [0, 0.1) is 0 Å². The molecule has 1 aliphatic rings. The summed E-state index contributed by atoms with van der Waals surface area (Å²) < 4.78 is 10.9. The van der Waals surface area contributed by atoms with Gasteiger partial charge in [-0.1, -0.05) is 23.2 Å². The van der Waals surface area contributed by atoms with Crippen molar-refractivity contribution in [3.8, 4) is 5.75 Å². The second-order valence-corrected chi connectivity index (χ2v) is 5.68. The minimum Gasteiger partial charge on any atom is -0.489 e. The number of nitrogens with one attached hydrogen (secondary N) is 1. The van der Waals surface area contributed by atoms with Crippen molar-refractivity contribution in [1.29, 1.82) is 0 Å². The molecule has 4 nitrogen and oxygen atoms in total. The first-order valence-electron chi connectivity index (χ1n) is 6.73. The molecule has 2 rings (SSSR count). The third-order valence-corrected chi connectivity index (χ3v) is 3.65. The van der Waals surface area contributed by atoms with Crippen molar-refractivity contribution in [3.05, 3.63) is 28.2 Å². The molecular weight excluding hydrogens is 301 g/mol. The molecule has 112 valence electrons. The third-order valence-electron chi connectivity index (χ3n) is 3.10. The Morgan fingerprint density at radius 1 is 1.45 bits per heavy atom. The van der Waals surface area contributed by atoms with Crippen LogP contribution in [0.25, 0.3) is 0 Å². The van der Waals surface area contributed by atoms with Crippen LogP contribution in [0.3, 0.4) is 0 Å². The summed E-state index contributed by atoms with van der Waals surface area (Å²) in [5.41, 5.74) is 0. The molecule has 1 aliphatic heterocycles. The van der Waals surface area contributed by atoms with Gasteiger partial charge in [0.15, 0.2) is 0 Å². The fourth-order valence-electron chi connectivity index (χ4n) is 2.05. The van der Waals surface area contributed by atoms with E-state index in [1.807, 2.05) is 0 Å². The highest BCUT2D eigenvalue weighted by Crippen LogP contribution is 2.27. The second-order valence-electron chi connectivity index (χ2n) is 4.83. The van der Waals surface area contributed by atoms with E-state index in [9.17, 15) is 5.11 Å². The Morgan fingerprint density at radius 3 is 3.05 bits per heavy atom. The molecule has 2 unspecified atom stereocenters. The number of benzene rings is 1.